The predicted octanol–water partition coefficient (Wildman–Crippen LogP) is 2.33. The third-order valence-electron chi connectivity index (χ3n) is 3.36. The zero-order chi connectivity index (χ0) is 14.8. The van der Waals surface area contributed by atoms with Gasteiger partial charge in [-0.2, -0.15) is 0 Å². The van der Waals surface area contributed by atoms with E-state index in [1.807, 2.05) is 56.3 Å². The van der Waals surface area contributed by atoms with Crippen molar-refractivity contribution in [2.45, 2.75) is 19.9 Å². The number of hydrogen-bond acceptors (Lipinski definition) is 4. The number of rotatable bonds is 3. The summed E-state index contributed by atoms with van der Waals surface area (Å²) in [7, 11) is 0. The van der Waals surface area contributed by atoms with Crippen LogP contribution in [0.4, 0.5) is 0 Å². The number of aryl methyl sites for hydroxylation is 2. The van der Waals surface area contributed by atoms with Crippen molar-refractivity contribution in [1.82, 2.24) is 20.0 Å². The Morgan fingerprint density at radius 1 is 1.05 bits per heavy atom. The second kappa shape index (κ2) is 5.46. The Morgan fingerprint density at radius 3 is 2.38 bits per heavy atom. The molecule has 2 aromatic heterocycles. The number of aromatic nitrogens is 4. The predicted molar refractivity (Wildman–Crippen MR) is 81.1 cm³/mol. The summed E-state index contributed by atoms with van der Waals surface area (Å²) in [5, 5.41) is 8.16. The van der Waals surface area contributed by atoms with Crippen molar-refractivity contribution in [3.63, 3.8) is 0 Å². The molecule has 5 nitrogen and oxygen atoms in total. The van der Waals surface area contributed by atoms with E-state index >= 15 is 0 Å². The Bertz CT molecular complexity index is 728. The van der Waals surface area contributed by atoms with Crippen LogP contribution in [0.25, 0.3) is 5.69 Å². The minimum atomic E-state index is -0.291. The van der Waals surface area contributed by atoms with Gasteiger partial charge in [-0.1, -0.05) is 23.4 Å². The molecule has 1 aromatic carbocycles. The maximum Gasteiger partial charge on any atom is 0.0858 e. The van der Waals surface area contributed by atoms with E-state index in [1.165, 1.54) is 0 Å². The van der Waals surface area contributed by atoms with Crippen LogP contribution in [0.2, 0.25) is 0 Å². The Kier molecular flexibility index (Phi) is 3.50. The lowest BCUT2D eigenvalue weighted by atomic mass is 10.0. The number of hydrogen-bond donors (Lipinski definition) is 1. The molecule has 0 aliphatic heterocycles. The average Bonchev–Trinajstić information content (AvgIpc) is 2.95. The van der Waals surface area contributed by atoms with E-state index < -0.39 is 0 Å². The highest BCUT2D eigenvalue weighted by atomic mass is 15.4. The number of nitrogens with two attached hydrogens (primary N) is 1. The third kappa shape index (κ3) is 2.68. The van der Waals surface area contributed by atoms with Gasteiger partial charge in [-0.05, 0) is 43.7 Å². The van der Waals surface area contributed by atoms with Gasteiger partial charge in [-0.3, -0.25) is 4.98 Å². The molecular formula is C16H17N5. The van der Waals surface area contributed by atoms with E-state index in [9.17, 15) is 0 Å². The van der Waals surface area contributed by atoms with Crippen molar-refractivity contribution >= 4 is 0 Å². The van der Waals surface area contributed by atoms with Gasteiger partial charge < -0.3 is 5.73 Å². The topological polar surface area (TPSA) is 69.6 Å². The fourth-order valence-corrected chi connectivity index (χ4v) is 2.44. The molecule has 1 atom stereocenters. The number of para-hydroxylation sites is 1. The van der Waals surface area contributed by atoms with Gasteiger partial charge in [0, 0.05) is 11.4 Å². The largest absolute Gasteiger partial charge is 0.319 e. The van der Waals surface area contributed by atoms with E-state index in [0.29, 0.717) is 0 Å². The highest BCUT2D eigenvalue weighted by Crippen LogP contribution is 2.22. The van der Waals surface area contributed by atoms with Crippen LogP contribution >= 0.6 is 0 Å². The molecule has 0 radical (unpaired) electrons. The molecule has 3 aromatic rings. The highest BCUT2D eigenvalue weighted by molar-refractivity contribution is 5.35. The fourth-order valence-electron chi connectivity index (χ4n) is 2.44. The van der Waals surface area contributed by atoms with E-state index in [0.717, 1.165) is 28.3 Å². The maximum absolute atomic E-state index is 6.41. The molecule has 0 aliphatic rings. The Morgan fingerprint density at radius 2 is 1.71 bits per heavy atom. The van der Waals surface area contributed by atoms with Crippen LogP contribution in [0.15, 0.2) is 48.7 Å². The first-order valence-corrected chi connectivity index (χ1v) is 6.82. The van der Waals surface area contributed by atoms with Crippen molar-refractivity contribution in [3.05, 3.63) is 71.3 Å². The molecule has 21 heavy (non-hydrogen) atoms. The molecule has 3 rings (SSSR count). The SMILES string of the molecule is Cc1cc(C(N)c2cnnn2-c2ccccc2)cc(C)n1. The standard InChI is InChI=1S/C16H17N5/c1-11-8-13(9-12(2)19-11)16(17)15-10-18-20-21(15)14-6-4-3-5-7-14/h3-10,16H,17H2,1-2H3. The summed E-state index contributed by atoms with van der Waals surface area (Å²) in [6.45, 7) is 3.94. The Labute approximate surface area is 123 Å². The van der Waals surface area contributed by atoms with Crippen molar-refractivity contribution < 1.29 is 0 Å². The Hall–Kier alpha value is -2.53. The maximum atomic E-state index is 6.41. The van der Waals surface area contributed by atoms with Gasteiger partial charge in [0.2, 0.25) is 0 Å². The molecule has 0 spiro atoms. The van der Waals surface area contributed by atoms with Crippen molar-refractivity contribution in [3.8, 4) is 5.69 Å². The lowest BCUT2D eigenvalue weighted by molar-refractivity contribution is 0.718. The van der Waals surface area contributed by atoms with E-state index in [4.69, 9.17) is 5.73 Å². The third-order valence-corrected chi connectivity index (χ3v) is 3.36. The van der Waals surface area contributed by atoms with Gasteiger partial charge in [0.1, 0.15) is 0 Å². The molecule has 0 bridgehead atoms. The van der Waals surface area contributed by atoms with Gasteiger partial charge in [0.05, 0.1) is 23.6 Å². The van der Waals surface area contributed by atoms with Crippen molar-refractivity contribution in [2.24, 2.45) is 5.73 Å². The lowest BCUT2D eigenvalue weighted by Crippen LogP contribution is -2.17. The fraction of sp³-hybridized carbons (Fsp3) is 0.188. The van der Waals surface area contributed by atoms with Crippen LogP contribution in [0.3, 0.4) is 0 Å². The summed E-state index contributed by atoms with van der Waals surface area (Å²) in [4.78, 5) is 4.38. The first kappa shape index (κ1) is 13.5. The van der Waals surface area contributed by atoms with Gasteiger partial charge in [-0.25, -0.2) is 4.68 Å². The first-order chi connectivity index (χ1) is 10.1. The van der Waals surface area contributed by atoms with Crippen LogP contribution in [0.5, 0.6) is 0 Å². The van der Waals surface area contributed by atoms with Crippen LogP contribution in [-0.2, 0) is 0 Å². The molecule has 106 valence electrons. The zero-order valence-corrected chi connectivity index (χ0v) is 12.1. The molecule has 0 fully saturated rings. The smallest absolute Gasteiger partial charge is 0.0858 e. The van der Waals surface area contributed by atoms with E-state index in [1.54, 1.807) is 10.9 Å². The summed E-state index contributed by atoms with van der Waals surface area (Å²) >= 11 is 0. The van der Waals surface area contributed by atoms with Gasteiger partial charge in [0.15, 0.2) is 0 Å². The van der Waals surface area contributed by atoms with Crippen LogP contribution in [0, 0.1) is 13.8 Å². The molecule has 2 heterocycles. The van der Waals surface area contributed by atoms with Crippen molar-refractivity contribution in [1.29, 1.82) is 0 Å². The Balaban J connectivity index is 2.03. The summed E-state index contributed by atoms with van der Waals surface area (Å²) < 4.78 is 1.77. The van der Waals surface area contributed by atoms with Crippen molar-refractivity contribution in [2.75, 3.05) is 0 Å². The lowest BCUT2D eigenvalue weighted by Gasteiger charge is -2.14. The molecule has 2 N–H and O–H groups in total. The normalized spacial score (nSPS) is 12.3. The molecule has 0 amide bonds. The first-order valence-electron chi connectivity index (χ1n) is 6.82. The molecule has 0 saturated heterocycles. The quantitative estimate of drug-likeness (QED) is 0.799. The van der Waals surface area contributed by atoms with Gasteiger partial charge in [-0.15, -0.1) is 5.10 Å². The molecule has 0 saturated carbocycles. The number of pyridine rings is 1. The second-order valence-electron chi connectivity index (χ2n) is 5.07. The summed E-state index contributed by atoms with van der Waals surface area (Å²) in [6, 6.07) is 13.6. The van der Waals surface area contributed by atoms with Crippen LogP contribution in [-0.4, -0.2) is 20.0 Å². The van der Waals surface area contributed by atoms with E-state index in [-0.39, 0.29) is 6.04 Å². The average molecular weight is 279 g/mol. The summed E-state index contributed by atoms with van der Waals surface area (Å²) in [5.74, 6) is 0. The monoisotopic (exact) mass is 279 g/mol. The van der Waals surface area contributed by atoms with Gasteiger partial charge >= 0.3 is 0 Å². The minimum absolute atomic E-state index is 0.291. The highest BCUT2D eigenvalue weighted by Gasteiger charge is 2.16. The molecular weight excluding hydrogens is 262 g/mol. The summed E-state index contributed by atoms with van der Waals surface area (Å²) in [6.07, 6.45) is 1.71. The number of nitrogens with zero attached hydrogens (tertiary/aromatic N) is 4. The minimum Gasteiger partial charge on any atom is -0.319 e. The zero-order valence-electron chi connectivity index (χ0n) is 12.1. The van der Waals surface area contributed by atoms with Crippen LogP contribution < -0.4 is 5.73 Å². The van der Waals surface area contributed by atoms with E-state index in [2.05, 4.69) is 15.3 Å². The number of benzene rings is 1. The summed E-state index contributed by atoms with van der Waals surface area (Å²) in [5.41, 5.74) is 11.1. The van der Waals surface area contributed by atoms with Gasteiger partial charge in [0.25, 0.3) is 0 Å². The molecule has 0 aliphatic carbocycles. The molecule has 1 unspecified atom stereocenters. The molecule has 5 heteroatoms. The van der Waals surface area contributed by atoms with Crippen LogP contribution in [0.1, 0.15) is 28.7 Å². The second-order valence-corrected chi connectivity index (χ2v) is 5.07.